The smallest absolute Gasteiger partial charge is 0.256 e. The molecule has 2 heterocycles. The van der Waals surface area contributed by atoms with Crippen molar-refractivity contribution in [3.63, 3.8) is 0 Å². The summed E-state index contributed by atoms with van der Waals surface area (Å²) in [6.45, 7) is 2.87. The Bertz CT molecular complexity index is 1420. The Kier molecular flexibility index (Phi) is 6.59. The molecule has 9 heteroatoms. The van der Waals surface area contributed by atoms with Crippen molar-refractivity contribution in [2.24, 2.45) is 0 Å². The van der Waals surface area contributed by atoms with Gasteiger partial charge in [-0.2, -0.15) is 0 Å². The number of aromatic nitrogens is 2. The van der Waals surface area contributed by atoms with Crippen LogP contribution in [0.1, 0.15) is 23.1 Å². The van der Waals surface area contributed by atoms with Crippen molar-refractivity contribution >= 4 is 33.3 Å². The number of aliphatic hydroxyl groups is 1. The van der Waals surface area contributed by atoms with Crippen LogP contribution >= 0.6 is 15.9 Å². The highest BCUT2D eigenvalue weighted by molar-refractivity contribution is 9.10. The number of fused-ring (bicyclic) bond motifs is 1. The number of rotatable bonds is 5. The Morgan fingerprint density at radius 3 is 2.47 bits per heavy atom. The maximum Gasteiger partial charge on any atom is 0.256 e. The summed E-state index contributed by atoms with van der Waals surface area (Å²) in [4.78, 5) is 19.3. The average molecular weight is 553 g/mol. The molecule has 1 aromatic heterocycles. The summed E-state index contributed by atoms with van der Waals surface area (Å²) in [5.41, 5.74) is 3.27. The van der Waals surface area contributed by atoms with E-state index in [0.717, 1.165) is 22.6 Å². The lowest BCUT2D eigenvalue weighted by molar-refractivity contribution is -0.142. The lowest BCUT2D eigenvalue weighted by Gasteiger charge is -2.30. The van der Waals surface area contributed by atoms with Crippen molar-refractivity contribution in [2.45, 2.75) is 26.1 Å². The molecular weight excluding hydrogens is 530 g/mol. The second-order valence-corrected chi connectivity index (χ2v) is 9.62. The molecule has 3 aromatic carbocycles. The number of imidazole rings is 1. The number of amides is 1. The lowest BCUT2D eigenvalue weighted by atomic mass is 10.1. The molecule has 0 radical (unpaired) electrons. The second-order valence-electron chi connectivity index (χ2n) is 8.70. The number of halogens is 3. The Morgan fingerprint density at radius 1 is 1.06 bits per heavy atom. The highest BCUT2D eigenvalue weighted by Crippen LogP contribution is 2.34. The summed E-state index contributed by atoms with van der Waals surface area (Å²) in [5.74, 6) is -0.269. The van der Waals surface area contributed by atoms with Gasteiger partial charge in [-0.05, 0) is 55.5 Å². The molecular formula is C27H23BrF2N4O2. The van der Waals surface area contributed by atoms with Crippen molar-refractivity contribution in [3.8, 4) is 11.3 Å². The Morgan fingerprint density at radius 2 is 1.78 bits per heavy atom. The first-order valence-corrected chi connectivity index (χ1v) is 12.2. The molecule has 6 nitrogen and oxygen atoms in total. The first-order valence-electron chi connectivity index (χ1n) is 11.4. The standard InChI is InChI=1S/C27H23BrF2N4O2/c1-16-2-9-20(10-3-16)31-26-24(17-4-7-19(29)8-5-17)32-23-15-33(12-13-34(23)26)27(36)25(35)21-11-6-18(28)14-22(21)30/h2-11,14,25,31,35H,12-13,15H2,1H3. The van der Waals surface area contributed by atoms with E-state index in [1.54, 1.807) is 18.2 Å². The maximum atomic E-state index is 14.4. The highest BCUT2D eigenvalue weighted by Gasteiger charge is 2.31. The summed E-state index contributed by atoms with van der Waals surface area (Å²) >= 11 is 3.18. The van der Waals surface area contributed by atoms with Crippen LogP contribution in [0.4, 0.5) is 20.3 Å². The third-order valence-corrected chi connectivity index (χ3v) is 6.70. The van der Waals surface area contributed by atoms with Gasteiger partial charge in [0, 0.05) is 34.4 Å². The van der Waals surface area contributed by atoms with E-state index < -0.39 is 17.8 Å². The fraction of sp³-hybridized carbons (Fsp3) is 0.185. The van der Waals surface area contributed by atoms with Crippen LogP contribution in [0, 0.1) is 18.6 Å². The summed E-state index contributed by atoms with van der Waals surface area (Å²) in [5, 5.41) is 14.0. The molecule has 1 aliphatic rings. The molecule has 0 aliphatic carbocycles. The van der Waals surface area contributed by atoms with Gasteiger partial charge in [0.2, 0.25) is 0 Å². The van der Waals surface area contributed by atoms with Gasteiger partial charge in [0.05, 0.1) is 6.54 Å². The predicted molar refractivity (Wildman–Crippen MR) is 137 cm³/mol. The lowest BCUT2D eigenvalue weighted by Crippen LogP contribution is -2.41. The van der Waals surface area contributed by atoms with Gasteiger partial charge in [0.25, 0.3) is 5.91 Å². The minimum absolute atomic E-state index is 0.0779. The number of hydrogen-bond donors (Lipinski definition) is 2. The van der Waals surface area contributed by atoms with Crippen LogP contribution in [0.25, 0.3) is 11.3 Å². The van der Waals surface area contributed by atoms with Gasteiger partial charge >= 0.3 is 0 Å². The van der Waals surface area contributed by atoms with E-state index in [0.29, 0.717) is 29.1 Å². The fourth-order valence-corrected chi connectivity index (χ4v) is 4.59. The number of benzene rings is 3. The third-order valence-electron chi connectivity index (χ3n) is 6.21. The molecule has 1 atom stereocenters. The summed E-state index contributed by atoms with van der Waals surface area (Å²) in [6, 6.07) is 18.2. The van der Waals surface area contributed by atoms with Gasteiger partial charge in [0.1, 0.15) is 29.0 Å². The van der Waals surface area contributed by atoms with Crippen LogP contribution in [0.15, 0.2) is 71.2 Å². The molecule has 184 valence electrons. The molecule has 0 saturated heterocycles. The number of nitrogens with zero attached hydrogens (tertiary/aromatic N) is 3. The van der Waals surface area contributed by atoms with Crippen molar-refractivity contribution in [1.29, 1.82) is 0 Å². The number of anilines is 2. The van der Waals surface area contributed by atoms with Gasteiger partial charge in [-0.3, -0.25) is 4.79 Å². The highest BCUT2D eigenvalue weighted by atomic mass is 79.9. The fourth-order valence-electron chi connectivity index (χ4n) is 4.26. The van der Waals surface area contributed by atoms with Crippen molar-refractivity contribution in [1.82, 2.24) is 14.5 Å². The van der Waals surface area contributed by atoms with E-state index >= 15 is 0 Å². The van der Waals surface area contributed by atoms with Crippen molar-refractivity contribution in [2.75, 3.05) is 11.9 Å². The summed E-state index contributed by atoms with van der Waals surface area (Å²) in [7, 11) is 0. The molecule has 0 saturated carbocycles. The van der Waals surface area contributed by atoms with E-state index in [-0.39, 0.29) is 17.9 Å². The number of aryl methyl sites for hydroxylation is 1. The molecule has 36 heavy (non-hydrogen) atoms. The largest absolute Gasteiger partial charge is 0.378 e. The molecule has 0 spiro atoms. The van der Waals surface area contributed by atoms with Crippen LogP contribution in [0.5, 0.6) is 0 Å². The zero-order chi connectivity index (χ0) is 25.4. The maximum absolute atomic E-state index is 14.4. The Balaban J connectivity index is 1.47. The molecule has 1 amide bonds. The van der Waals surface area contributed by atoms with Gasteiger partial charge in [-0.15, -0.1) is 0 Å². The Labute approximate surface area is 215 Å². The first-order chi connectivity index (χ1) is 17.3. The van der Waals surface area contributed by atoms with E-state index in [4.69, 9.17) is 4.98 Å². The molecule has 1 unspecified atom stereocenters. The quantitative estimate of drug-likeness (QED) is 0.332. The van der Waals surface area contributed by atoms with Crippen molar-refractivity contribution < 1.29 is 18.7 Å². The van der Waals surface area contributed by atoms with Gasteiger partial charge < -0.3 is 19.9 Å². The average Bonchev–Trinajstić information content (AvgIpc) is 3.22. The van der Waals surface area contributed by atoms with Crippen molar-refractivity contribution in [3.05, 3.63) is 99.8 Å². The molecule has 0 fully saturated rings. The molecule has 0 bridgehead atoms. The van der Waals surface area contributed by atoms with E-state index in [2.05, 4.69) is 21.2 Å². The summed E-state index contributed by atoms with van der Waals surface area (Å²) in [6.07, 6.45) is -1.62. The van der Waals surface area contributed by atoms with Gasteiger partial charge in [-0.1, -0.05) is 39.7 Å². The second kappa shape index (κ2) is 9.83. The van der Waals surface area contributed by atoms with E-state index in [1.165, 1.54) is 29.2 Å². The van der Waals surface area contributed by atoms with Gasteiger partial charge in [0.15, 0.2) is 6.10 Å². The van der Waals surface area contributed by atoms with Crippen LogP contribution in [-0.2, 0) is 17.9 Å². The van der Waals surface area contributed by atoms with E-state index in [1.807, 2.05) is 35.8 Å². The predicted octanol–water partition coefficient (Wildman–Crippen LogP) is 5.72. The van der Waals surface area contributed by atoms with Crippen LogP contribution in [-0.4, -0.2) is 32.0 Å². The number of carbonyl (C=O) groups is 1. The topological polar surface area (TPSA) is 70.4 Å². The first kappa shape index (κ1) is 24.1. The van der Waals surface area contributed by atoms with E-state index in [9.17, 15) is 18.7 Å². The number of nitrogens with one attached hydrogen (secondary N) is 1. The minimum atomic E-state index is -1.62. The SMILES string of the molecule is Cc1ccc(Nc2c(-c3ccc(F)cc3)nc3n2CCN(C(=O)C(O)c2ccc(Br)cc2F)C3)cc1. The number of carbonyl (C=O) groups excluding carboxylic acids is 1. The summed E-state index contributed by atoms with van der Waals surface area (Å²) < 4.78 is 30.4. The zero-order valence-electron chi connectivity index (χ0n) is 19.4. The number of hydrogen-bond acceptors (Lipinski definition) is 4. The third kappa shape index (κ3) is 4.76. The van der Waals surface area contributed by atoms with Gasteiger partial charge in [-0.25, -0.2) is 13.8 Å². The normalized spacial score (nSPS) is 13.9. The monoisotopic (exact) mass is 552 g/mol. The number of aliphatic hydroxyl groups excluding tert-OH is 1. The minimum Gasteiger partial charge on any atom is -0.378 e. The Hall–Kier alpha value is -3.56. The van der Waals surface area contributed by atoms with Crippen LogP contribution in [0.2, 0.25) is 0 Å². The molecule has 2 N–H and O–H groups in total. The van der Waals surface area contributed by atoms with Crippen LogP contribution < -0.4 is 5.32 Å². The molecule has 4 aromatic rings. The molecule has 1 aliphatic heterocycles. The zero-order valence-corrected chi connectivity index (χ0v) is 21.0. The molecule has 5 rings (SSSR count). The van der Waals surface area contributed by atoms with Crippen LogP contribution in [0.3, 0.4) is 0 Å².